The second-order valence-electron chi connectivity index (χ2n) is 9.56. The Bertz CT molecular complexity index is 1390. The van der Waals surface area contributed by atoms with Crippen LogP contribution in [0.4, 0.5) is 22.1 Å². The van der Waals surface area contributed by atoms with Crippen molar-refractivity contribution in [1.82, 2.24) is 20.6 Å². The average molecular weight is 542 g/mol. The smallest absolute Gasteiger partial charge is 0.307 e. The lowest BCUT2D eigenvalue weighted by atomic mass is 9.84. The van der Waals surface area contributed by atoms with E-state index in [9.17, 15) is 9.59 Å². The third kappa shape index (κ3) is 6.83. The minimum Gasteiger partial charge on any atom is -0.307 e. The van der Waals surface area contributed by atoms with Crippen molar-refractivity contribution in [3.8, 4) is 0 Å². The summed E-state index contributed by atoms with van der Waals surface area (Å²) < 4.78 is 0. The van der Waals surface area contributed by atoms with Crippen LogP contribution in [0, 0.1) is 0 Å². The second kappa shape index (κ2) is 12.6. The highest BCUT2D eigenvalue weighted by molar-refractivity contribution is 7.98. The number of tetrazole rings is 1. The first-order valence-electron chi connectivity index (χ1n) is 13.1. The Morgan fingerprint density at radius 1 is 0.974 bits per heavy atom. The van der Waals surface area contributed by atoms with Gasteiger partial charge in [0, 0.05) is 21.8 Å². The van der Waals surface area contributed by atoms with E-state index in [1.165, 1.54) is 37.7 Å². The molecule has 0 atom stereocenters. The molecule has 5 rings (SSSR count). The molecule has 3 aromatic carbocycles. The summed E-state index contributed by atoms with van der Waals surface area (Å²) in [4.78, 5) is 28.9. The number of carbonyl (C=O) groups excluding carboxylic acids is 2. The Kier molecular flexibility index (Phi) is 8.52. The van der Waals surface area contributed by atoms with Crippen molar-refractivity contribution in [2.45, 2.75) is 49.5 Å². The number of hydrogen-bond donors (Lipinski definition) is 3. The Labute approximate surface area is 231 Å². The number of aromatic amines is 1. The molecule has 3 N–H and O–H groups in total. The van der Waals surface area contributed by atoms with Gasteiger partial charge in [-0.1, -0.05) is 54.7 Å². The molecule has 0 aliphatic heterocycles. The number of amides is 3. The molecule has 1 saturated carbocycles. The summed E-state index contributed by atoms with van der Waals surface area (Å²) in [6.07, 6.45) is 8.33. The first kappa shape index (κ1) is 26.4. The van der Waals surface area contributed by atoms with E-state index < -0.39 is 0 Å². The number of thioether (sulfide) groups is 1. The van der Waals surface area contributed by atoms with Gasteiger partial charge in [0.05, 0.1) is 6.54 Å². The number of benzene rings is 3. The molecule has 0 spiro atoms. The summed E-state index contributed by atoms with van der Waals surface area (Å²) in [7, 11) is 0. The lowest BCUT2D eigenvalue weighted by Gasteiger charge is -2.26. The number of anilines is 3. The molecule has 1 aromatic heterocycles. The van der Waals surface area contributed by atoms with Crippen LogP contribution < -0.4 is 15.5 Å². The van der Waals surface area contributed by atoms with Crippen molar-refractivity contribution < 1.29 is 9.59 Å². The maximum absolute atomic E-state index is 13.6. The normalized spacial score (nSPS) is 13.6. The second-order valence-corrected chi connectivity index (χ2v) is 10.4. The van der Waals surface area contributed by atoms with Crippen LogP contribution in [-0.2, 0) is 6.54 Å². The Balaban J connectivity index is 1.35. The van der Waals surface area contributed by atoms with Gasteiger partial charge in [-0.15, -0.1) is 16.9 Å². The summed E-state index contributed by atoms with van der Waals surface area (Å²) in [6, 6.07) is 23.1. The number of nitrogens with one attached hydrogen (secondary N) is 3. The number of hydrogen-bond acceptors (Lipinski definition) is 6. The highest BCUT2D eigenvalue weighted by Gasteiger charge is 2.20. The maximum atomic E-state index is 13.6. The summed E-state index contributed by atoms with van der Waals surface area (Å²) in [5.74, 6) is 0.356. The first-order chi connectivity index (χ1) is 19.1. The molecular formula is C29H31N7O2S. The third-order valence-corrected chi connectivity index (χ3v) is 7.70. The van der Waals surface area contributed by atoms with Gasteiger partial charge in [0.1, 0.15) is 0 Å². The molecule has 200 valence electrons. The molecule has 1 aliphatic carbocycles. The van der Waals surface area contributed by atoms with Gasteiger partial charge in [-0.2, -0.15) is 5.21 Å². The molecule has 4 aromatic rings. The number of nitrogens with zero attached hydrogens (tertiary/aromatic N) is 4. The lowest BCUT2D eigenvalue weighted by Crippen LogP contribution is -2.34. The molecule has 0 radical (unpaired) electrons. The lowest BCUT2D eigenvalue weighted by molar-refractivity contribution is 0.102. The van der Waals surface area contributed by atoms with Crippen LogP contribution in [0.25, 0.3) is 0 Å². The van der Waals surface area contributed by atoms with E-state index in [2.05, 4.69) is 43.4 Å². The molecule has 1 heterocycles. The molecule has 1 aliphatic rings. The summed E-state index contributed by atoms with van der Waals surface area (Å²) in [5.41, 5.74) is 4.22. The van der Waals surface area contributed by atoms with Gasteiger partial charge in [0.2, 0.25) is 0 Å². The van der Waals surface area contributed by atoms with Crippen LogP contribution in [0.1, 0.15) is 59.5 Å². The zero-order valence-corrected chi connectivity index (χ0v) is 22.6. The number of carbonyl (C=O) groups is 2. The molecule has 0 bridgehead atoms. The molecule has 0 unspecified atom stereocenters. The fourth-order valence-corrected chi connectivity index (χ4v) is 5.33. The zero-order valence-electron chi connectivity index (χ0n) is 21.8. The SMILES string of the molecule is CSc1cccc(NC(=O)N(Cc2ccc(C(=O)Nc3nn[nH]n3)cc2)c2ccc(C3CCCCC3)cc2)c1. The maximum Gasteiger partial charge on any atom is 0.326 e. The largest absolute Gasteiger partial charge is 0.326 e. The van der Waals surface area contributed by atoms with E-state index in [4.69, 9.17) is 0 Å². The molecule has 10 heteroatoms. The van der Waals surface area contributed by atoms with Gasteiger partial charge in [0.15, 0.2) is 0 Å². The minimum absolute atomic E-state index is 0.106. The molecule has 39 heavy (non-hydrogen) atoms. The minimum atomic E-state index is -0.343. The van der Waals surface area contributed by atoms with Crippen LogP contribution in [0.15, 0.2) is 77.7 Å². The van der Waals surface area contributed by atoms with Crippen molar-refractivity contribution in [3.05, 3.63) is 89.5 Å². The Morgan fingerprint density at radius 2 is 1.74 bits per heavy atom. The monoisotopic (exact) mass is 541 g/mol. The fraction of sp³-hybridized carbons (Fsp3) is 0.276. The third-order valence-electron chi connectivity index (χ3n) is 6.97. The topological polar surface area (TPSA) is 116 Å². The predicted octanol–water partition coefficient (Wildman–Crippen LogP) is 6.46. The van der Waals surface area contributed by atoms with Gasteiger partial charge in [-0.3, -0.25) is 15.0 Å². The molecule has 3 amide bonds. The van der Waals surface area contributed by atoms with Crippen LogP contribution in [-0.4, -0.2) is 38.8 Å². The van der Waals surface area contributed by atoms with E-state index in [0.29, 0.717) is 18.0 Å². The van der Waals surface area contributed by atoms with Crippen molar-refractivity contribution in [3.63, 3.8) is 0 Å². The van der Waals surface area contributed by atoms with Crippen LogP contribution >= 0.6 is 11.8 Å². The van der Waals surface area contributed by atoms with Gasteiger partial charge < -0.3 is 5.32 Å². The zero-order chi connectivity index (χ0) is 27.0. The molecular weight excluding hydrogens is 510 g/mol. The highest BCUT2D eigenvalue weighted by atomic mass is 32.2. The van der Waals surface area contributed by atoms with E-state index >= 15 is 0 Å². The van der Waals surface area contributed by atoms with Crippen LogP contribution in [0.5, 0.6) is 0 Å². The van der Waals surface area contributed by atoms with Gasteiger partial charge in [-0.05, 0) is 83.8 Å². The average Bonchev–Trinajstić information content (AvgIpc) is 3.50. The first-order valence-corrected chi connectivity index (χ1v) is 14.3. The summed E-state index contributed by atoms with van der Waals surface area (Å²) >= 11 is 1.63. The Morgan fingerprint density at radius 3 is 2.44 bits per heavy atom. The van der Waals surface area contributed by atoms with E-state index in [0.717, 1.165) is 21.8 Å². The summed E-state index contributed by atoms with van der Waals surface area (Å²) in [6.45, 7) is 0.337. The molecule has 1 fully saturated rings. The molecule has 0 saturated heterocycles. The highest BCUT2D eigenvalue weighted by Crippen LogP contribution is 2.33. The van der Waals surface area contributed by atoms with Crippen LogP contribution in [0.2, 0.25) is 0 Å². The predicted molar refractivity (Wildman–Crippen MR) is 154 cm³/mol. The standard InChI is InChI=1S/C29H31N7O2S/c1-39-26-9-5-8-24(18-26)30-29(38)36(25-16-14-22(15-17-25)21-6-3-2-4-7-21)19-20-10-12-23(13-11-20)27(37)31-28-32-34-35-33-28/h5,8-18,21H,2-4,6-7,19H2,1H3,(H,30,38)(H2,31,32,33,34,35,37). The fourth-order valence-electron chi connectivity index (χ4n) is 4.87. The molecule has 9 nitrogen and oxygen atoms in total. The van der Waals surface area contributed by atoms with E-state index in [1.54, 1.807) is 28.8 Å². The number of aromatic nitrogens is 4. The van der Waals surface area contributed by atoms with Crippen molar-refractivity contribution >= 4 is 41.0 Å². The van der Waals surface area contributed by atoms with Gasteiger partial charge >= 0.3 is 6.03 Å². The quantitative estimate of drug-likeness (QED) is 0.221. The van der Waals surface area contributed by atoms with Crippen LogP contribution in [0.3, 0.4) is 0 Å². The van der Waals surface area contributed by atoms with Crippen molar-refractivity contribution in [1.29, 1.82) is 0 Å². The van der Waals surface area contributed by atoms with E-state index in [1.807, 2.05) is 54.8 Å². The van der Waals surface area contributed by atoms with E-state index in [-0.39, 0.29) is 17.9 Å². The summed E-state index contributed by atoms with van der Waals surface area (Å²) in [5, 5.41) is 18.9. The number of urea groups is 1. The van der Waals surface area contributed by atoms with Gasteiger partial charge in [0.25, 0.3) is 11.9 Å². The number of H-pyrrole nitrogens is 1. The number of rotatable bonds is 8. The Hall–Kier alpha value is -4.18. The van der Waals surface area contributed by atoms with Gasteiger partial charge in [-0.25, -0.2) is 4.79 Å². The van der Waals surface area contributed by atoms with Crippen molar-refractivity contribution in [2.24, 2.45) is 0 Å². The van der Waals surface area contributed by atoms with Crippen molar-refractivity contribution in [2.75, 3.05) is 21.8 Å².